The second-order valence-electron chi connectivity index (χ2n) is 17.2. The highest BCUT2D eigenvalue weighted by molar-refractivity contribution is 5.98. The molecule has 5 aromatic rings. The molecule has 0 bridgehead atoms. The quantitative estimate of drug-likeness (QED) is 0.0320. The Labute approximate surface area is 408 Å². The van der Waals surface area contributed by atoms with Gasteiger partial charge in [0.15, 0.2) is 5.96 Å². The van der Waals surface area contributed by atoms with Gasteiger partial charge in [-0.25, -0.2) is 4.98 Å². The summed E-state index contributed by atoms with van der Waals surface area (Å²) in [5.74, 6) is -6.15. The van der Waals surface area contributed by atoms with Crippen LogP contribution in [0.4, 0.5) is 0 Å². The maximum absolute atomic E-state index is 14.5. The highest BCUT2D eigenvalue weighted by Gasteiger charge is 2.34. The normalized spacial score (nSPS) is 20.0. The molecule has 374 valence electrons. The van der Waals surface area contributed by atoms with Crippen molar-refractivity contribution in [3.05, 3.63) is 126 Å². The first-order valence-electron chi connectivity index (χ1n) is 23.2. The van der Waals surface area contributed by atoms with Gasteiger partial charge in [0.05, 0.1) is 12.7 Å². The summed E-state index contributed by atoms with van der Waals surface area (Å²) in [5.41, 5.74) is 20.2. The number of imidazole rings is 1. The number of fused-ring (bicyclic) bond motifs is 1. The van der Waals surface area contributed by atoms with E-state index in [0.29, 0.717) is 22.4 Å². The van der Waals surface area contributed by atoms with Gasteiger partial charge in [0.1, 0.15) is 36.3 Å². The molecule has 1 aliphatic heterocycles. The molecular weight excluding hydrogens is 913 g/mol. The maximum Gasteiger partial charge on any atom is 0.243 e. The molecule has 3 aromatic carbocycles. The fraction of sp³-hybridized carbons (Fsp3) is 0.347. The van der Waals surface area contributed by atoms with Crippen LogP contribution in [0.2, 0.25) is 0 Å². The van der Waals surface area contributed by atoms with E-state index in [1.165, 1.54) is 12.5 Å². The maximum atomic E-state index is 14.5. The summed E-state index contributed by atoms with van der Waals surface area (Å²) >= 11 is 0. The number of guanidine groups is 1. The number of H-pyrrole nitrogens is 2. The molecule has 0 saturated carbocycles. The number of aromatic nitrogens is 3. The number of hydrogen-bond acceptors (Lipinski definition) is 10. The summed E-state index contributed by atoms with van der Waals surface area (Å²) in [6.45, 7) is -0.123. The van der Waals surface area contributed by atoms with Gasteiger partial charge in [-0.1, -0.05) is 78.9 Å². The Morgan fingerprint density at radius 3 is 2.07 bits per heavy atom. The number of aliphatic imine (C=N–C) groups is 1. The second-order valence-corrected chi connectivity index (χ2v) is 17.2. The zero-order valence-corrected chi connectivity index (χ0v) is 38.9. The van der Waals surface area contributed by atoms with E-state index >= 15 is 0 Å². The Kier molecular flexibility index (Phi) is 18.8. The monoisotopic (exact) mass is 972 g/mol. The fourth-order valence-electron chi connectivity index (χ4n) is 8.05. The number of rotatable bonds is 16. The molecule has 3 heterocycles. The number of amides is 8. The van der Waals surface area contributed by atoms with Crippen LogP contribution in [0.5, 0.6) is 0 Å². The average molecular weight is 973 g/mol. The highest BCUT2D eigenvalue weighted by Crippen LogP contribution is 2.19. The molecule has 1 fully saturated rings. The van der Waals surface area contributed by atoms with Gasteiger partial charge in [0.25, 0.3) is 0 Å². The lowest BCUT2D eigenvalue weighted by Crippen LogP contribution is -2.60. The van der Waals surface area contributed by atoms with Crippen LogP contribution in [0.1, 0.15) is 54.5 Å². The minimum absolute atomic E-state index is 0.000135. The van der Waals surface area contributed by atoms with Crippen molar-refractivity contribution in [2.24, 2.45) is 22.2 Å². The molecule has 1 aliphatic rings. The second kappa shape index (κ2) is 25.7. The number of para-hydroxylation sites is 1. The Bertz CT molecular complexity index is 2650. The lowest BCUT2D eigenvalue weighted by Gasteiger charge is -2.27. The molecule has 8 amide bonds. The zero-order chi connectivity index (χ0) is 50.7. The molecule has 6 atom stereocenters. The van der Waals surface area contributed by atoms with Gasteiger partial charge in [-0.15, -0.1) is 0 Å². The number of primary amides is 1. The third-order valence-electron chi connectivity index (χ3n) is 11.8. The van der Waals surface area contributed by atoms with Crippen molar-refractivity contribution in [3.63, 3.8) is 0 Å². The lowest BCUT2D eigenvalue weighted by atomic mass is 10.0. The smallest absolute Gasteiger partial charge is 0.243 e. The Morgan fingerprint density at radius 2 is 1.38 bits per heavy atom. The Balaban J connectivity index is 1.32. The number of nitrogens with zero attached hydrogens (tertiary/aromatic N) is 2. The van der Waals surface area contributed by atoms with Gasteiger partial charge < -0.3 is 64.4 Å². The third-order valence-corrected chi connectivity index (χ3v) is 11.8. The van der Waals surface area contributed by atoms with E-state index in [1.807, 2.05) is 24.3 Å². The van der Waals surface area contributed by atoms with Crippen molar-refractivity contribution in [2.75, 3.05) is 13.1 Å². The van der Waals surface area contributed by atoms with E-state index in [-0.39, 0.29) is 76.8 Å². The summed E-state index contributed by atoms with van der Waals surface area (Å²) in [6, 6.07) is 16.9. The predicted octanol–water partition coefficient (Wildman–Crippen LogP) is -1.09. The molecule has 22 nitrogen and oxygen atoms in total. The van der Waals surface area contributed by atoms with Gasteiger partial charge in [-0.05, 0) is 48.4 Å². The molecule has 15 N–H and O–H groups in total. The number of nitrogens with one attached hydrogen (secondary N) is 9. The highest BCUT2D eigenvalue weighted by atomic mass is 16.2. The van der Waals surface area contributed by atoms with Gasteiger partial charge in [0, 0.05) is 67.8 Å². The third kappa shape index (κ3) is 16.0. The molecule has 2 aromatic heterocycles. The number of benzene rings is 3. The number of aromatic amines is 2. The van der Waals surface area contributed by atoms with E-state index in [1.54, 1.807) is 66.9 Å². The first-order valence-corrected chi connectivity index (χ1v) is 23.2. The Morgan fingerprint density at radius 1 is 0.732 bits per heavy atom. The van der Waals surface area contributed by atoms with Crippen molar-refractivity contribution in [2.45, 2.75) is 94.0 Å². The van der Waals surface area contributed by atoms with Crippen LogP contribution in [-0.4, -0.2) is 118 Å². The molecule has 3 unspecified atom stereocenters. The minimum Gasteiger partial charge on any atom is -0.370 e. The van der Waals surface area contributed by atoms with E-state index in [0.717, 1.165) is 10.9 Å². The summed E-state index contributed by atoms with van der Waals surface area (Å²) in [4.78, 5) is 126. The van der Waals surface area contributed by atoms with Crippen LogP contribution >= 0.6 is 0 Å². The van der Waals surface area contributed by atoms with Crippen molar-refractivity contribution >= 4 is 64.1 Å². The van der Waals surface area contributed by atoms with E-state index in [9.17, 15) is 38.4 Å². The van der Waals surface area contributed by atoms with E-state index in [2.05, 4.69) is 57.2 Å². The van der Waals surface area contributed by atoms with Gasteiger partial charge in [-0.2, -0.15) is 0 Å². The van der Waals surface area contributed by atoms with Gasteiger partial charge in [0.2, 0.25) is 47.3 Å². The van der Waals surface area contributed by atoms with Crippen LogP contribution in [0.3, 0.4) is 0 Å². The van der Waals surface area contributed by atoms with E-state index in [4.69, 9.17) is 17.2 Å². The van der Waals surface area contributed by atoms with Crippen LogP contribution in [0, 0.1) is 0 Å². The molecule has 0 aliphatic carbocycles. The Hall–Kier alpha value is -8.56. The molecule has 71 heavy (non-hydrogen) atoms. The molecule has 22 heteroatoms. The minimum atomic E-state index is -1.41. The van der Waals surface area contributed by atoms with Crippen LogP contribution < -0.4 is 54.4 Å². The lowest BCUT2D eigenvalue weighted by molar-refractivity contribution is -0.135. The zero-order valence-electron chi connectivity index (χ0n) is 38.9. The van der Waals surface area contributed by atoms with E-state index < -0.39 is 83.5 Å². The standard InChI is InChI=1S/C49H60N14O8/c50-43(66)38(24-31-26-56-34-15-8-7-14-33(31)34)61-46(69)37-19-21-54-41(64)18-17-36(58-42(65)23-30-12-5-2-6-13-30)45(68)63-40(25-32-27-53-28-57-32)48(71)62-39(22-29-10-3-1-4-11-29)47(70)59-35(44(67)60-37)16-9-20-55-49(51)52/h1-8,10-15,26-28,35-40,56H,9,16-25H2,(H2,50,66)(H,53,57)(H,54,64)(H,58,65)(H,59,70)(H,60,67)(H,61,69)(H,62,71)(H,63,68)(H4,51,52,55)/t35?,36?,37-,38-,39?,40-/m0/s1. The average Bonchev–Trinajstić information content (AvgIpc) is 4.03. The SMILES string of the molecule is NC(=O)[C@H](Cc1c[nH]c2ccccc12)NC(=O)[C@@H]1CCNC(=O)CCC(NC(=O)Cc2ccccc2)C(=O)N[C@@H](Cc2cnc[nH]2)C(=O)NC(Cc2ccccc2)C(=O)NC(CCCN=C(N)N)C(=O)N1. The van der Waals surface area contributed by atoms with Crippen LogP contribution in [0.25, 0.3) is 10.9 Å². The van der Waals surface area contributed by atoms with Crippen LogP contribution in [0.15, 0.2) is 109 Å². The van der Waals surface area contributed by atoms with Gasteiger partial charge >= 0.3 is 0 Å². The van der Waals surface area contributed by atoms with Crippen molar-refractivity contribution in [3.8, 4) is 0 Å². The first-order chi connectivity index (χ1) is 34.2. The molecular formula is C49H60N14O8. The molecule has 0 spiro atoms. The molecule has 1 saturated heterocycles. The van der Waals surface area contributed by atoms with Crippen molar-refractivity contribution in [1.29, 1.82) is 0 Å². The molecule has 0 radical (unpaired) electrons. The van der Waals surface area contributed by atoms with Crippen molar-refractivity contribution < 1.29 is 38.4 Å². The summed E-state index contributed by atoms with van der Waals surface area (Å²) in [6.07, 6.45) is 3.68. The number of carbonyl (C=O) groups excluding carboxylic acids is 8. The van der Waals surface area contributed by atoms with Crippen LogP contribution in [-0.2, 0) is 64.0 Å². The first kappa shape index (κ1) is 51.8. The largest absolute Gasteiger partial charge is 0.370 e. The number of nitrogens with two attached hydrogens (primary N) is 3. The molecule has 6 rings (SSSR count). The summed E-state index contributed by atoms with van der Waals surface area (Å²) in [7, 11) is 0. The summed E-state index contributed by atoms with van der Waals surface area (Å²) < 4.78 is 0. The predicted molar refractivity (Wildman–Crippen MR) is 262 cm³/mol. The number of hydrogen-bond donors (Lipinski definition) is 12. The van der Waals surface area contributed by atoms with Crippen molar-refractivity contribution in [1.82, 2.24) is 52.2 Å². The topological polar surface area (TPSA) is 356 Å². The summed E-state index contributed by atoms with van der Waals surface area (Å²) in [5, 5.41) is 19.8. The number of carbonyl (C=O) groups is 8. The fourth-order valence-corrected chi connectivity index (χ4v) is 8.05. The van der Waals surface area contributed by atoms with Gasteiger partial charge in [-0.3, -0.25) is 43.3 Å².